The van der Waals surface area contributed by atoms with Gasteiger partial charge in [-0.3, -0.25) is 0 Å². The van der Waals surface area contributed by atoms with E-state index in [0.29, 0.717) is 11.6 Å². The molecule has 1 fully saturated rings. The van der Waals surface area contributed by atoms with Gasteiger partial charge in [-0.25, -0.2) is 4.79 Å². The van der Waals surface area contributed by atoms with E-state index in [-0.39, 0.29) is 0 Å². The van der Waals surface area contributed by atoms with Gasteiger partial charge in [-0.05, 0) is 49.3 Å². The molecule has 0 radical (unpaired) electrons. The topological polar surface area (TPSA) is 49.3 Å². The summed E-state index contributed by atoms with van der Waals surface area (Å²) in [6.07, 6.45) is 5.33. The lowest BCUT2D eigenvalue weighted by Crippen LogP contribution is -2.35. The van der Waals surface area contributed by atoms with Gasteiger partial charge in [0.15, 0.2) is 0 Å². The van der Waals surface area contributed by atoms with Gasteiger partial charge in [0.05, 0.1) is 5.56 Å². The van der Waals surface area contributed by atoms with Crippen LogP contribution in [0.1, 0.15) is 55.5 Å². The van der Waals surface area contributed by atoms with Crippen LogP contribution >= 0.6 is 0 Å². The summed E-state index contributed by atoms with van der Waals surface area (Å²) in [5.41, 5.74) is 1.41. The van der Waals surface area contributed by atoms with Gasteiger partial charge in [-0.15, -0.1) is 0 Å². The zero-order valence-electron chi connectivity index (χ0n) is 12.4. The fourth-order valence-electron chi connectivity index (χ4n) is 3.19. The summed E-state index contributed by atoms with van der Waals surface area (Å²) in [4.78, 5) is 11.0. The molecule has 0 aromatic heterocycles. The highest BCUT2D eigenvalue weighted by Crippen LogP contribution is 2.30. The van der Waals surface area contributed by atoms with E-state index in [1.54, 1.807) is 12.1 Å². The zero-order chi connectivity index (χ0) is 14.5. The summed E-state index contributed by atoms with van der Waals surface area (Å²) in [6.45, 7) is 5.34. The lowest BCUT2D eigenvalue weighted by atomic mass is 9.79. The lowest BCUT2D eigenvalue weighted by molar-refractivity contribution is 0.0696. The van der Waals surface area contributed by atoms with Crippen LogP contribution < -0.4 is 5.32 Å². The summed E-state index contributed by atoms with van der Waals surface area (Å²) >= 11 is 0. The molecule has 110 valence electrons. The maximum atomic E-state index is 11.0. The SMILES string of the molecule is CC1CCCC([C@H](C)NCc2cccc(C(=O)O)c2)C1. The van der Waals surface area contributed by atoms with Crippen molar-refractivity contribution in [2.75, 3.05) is 0 Å². The van der Waals surface area contributed by atoms with Gasteiger partial charge in [0.25, 0.3) is 0 Å². The average molecular weight is 275 g/mol. The Bertz CT molecular complexity index is 458. The third-order valence-electron chi connectivity index (χ3n) is 4.49. The van der Waals surface area contributed by atoms with E-state index in [9.17, 15) is 4.79 Å². The minimum atomic E-state index is -0.860. The van der Waals surface area contributed by atoms with Crippen LogP contribution in [0.15, 0.2) is 24.3 Å². The molecule has 2 unspecified atom stereocenters. The molecule has 1 aliphatic rings. The van der Waals surface area contributed by atoms with Gasteiger partial charge in [0, 0.05) is 12.6 Å². The van der Waals surface area contributed by atoms with Crippen LogP contribution in [0, 0.1) is 11.8 Å². The van der Waals surface area contributed by atoms with Crippen LogP contribution in [0.25, 0.3) is 0 Å². The molecule has 0 saturated heterocycles. The quantitative estimate of drug-likeness (QED) is 0.861. The van der Waals surface area contributed by atoms with Gasteiger partial charge in [0.2, 0.25) is 0 Å². The molecular weight excluding hydrogens is 250 g/mol. The number of benzene rings is 1. The summed E-state index contributed by atoms with van der Waals surface area (Å²) in [5.74, 6) is 0.732. The molecule has 1 aromatic carbocycles. The van der Waals surface area contributed by atoms with Gasteiger partial charge in [-0.1, -0.05) is 31.9 Å². The molecular formula is C17H25NO2. The highest BCUT2D eigenvalue weighted by Gasteiger charge is 2.23. The minimum absolute atomic E-state index is 0.364. The highest BCUT2D eigenvalue weighted by atomic mass is 16.4. The standard InChI is InChI=1S/C17H25NO2/c1-12-5-3-7-15(9-12)13(2)18-11-14-6-4-8-16(10-14)17(19)20/h4,6,8,10,12-13,15,18H,3,5,7,9,11H2,1-2H3,(H,19,20)/t12?,13-,15?/m0/s1. The van der Waals surface area contributed by atoms with E-state index in [2.05, 4.69) is 19.2 Å². The van der Waals surface area contributed by atoms with Crippen molar-refractivity contribution in [3.05, 3.63) is 35.4 Å². The molecule has 20 heavy (non-hydrogen) atoms. The Morgan fingerprint density at radius 1 is 1.45 bits per heavy atom. The van der Waals surface area contributed by atoms with Crippen molar-refractivity contribution < 1.29 is 9.90 Å². The van der Waals surface area contributed by atoms with Gasteiger partial charge >= 0.3 is 5.97 Å². The molecule has 0 spiro atoms. The number of nitrogens with one attached hydrogen (secondary N) is 1. The van der Waals surface area contributed by atoms with E-state index in [4.69, 9.17) is 5.11 Å². The number of hydrogen-bond donors (Lipinski definition) is 2. The van der Waals surface area contributed by atoms with Crippen LogP contribution in [0.4, 0.5) is 0 Å². The Morgan fingerprint density at radius 3 is 2.95 bits per heavy atom. The lowest BCUT2D eigenvalue weighted by Gasteiger charge is -2.32. The van der Waals surface area contributed by atoms with Crippen LogP contribution in [-0.2, 0) is 6.54 Å². The second-order valence-electron chi connectivity index (χ2n) is 6.21. The summed E-state index contributed by atoms with van der Waals surface area (Å²) in [6, 6.07) is 7.68. The molecule has 1 saturated carbocycles. The second-order valence-corrected chi connectivity index (χ2v) is 6.21. The number of carboxylic acid groups (broad SMARTS) is 1. The van der Waals surface area contributed by atoms with Gasteiger partial charge in [0.1, 0.15) is 0 Å². The van der Waals surface area contributed by atoms with Gasteiger partial charge < -0.3 is 10.4 Å². The molecule has 0 amide bonds. The number of hydrogen-bond acceptors (Lipinski definition) is 2. The minimum Gasteiger partial charge on any atom is -0.478 e. The fourth-order valence-corrected chi connectivity index (χ4v) is 3.19. The number of carboxylic acids is 1. The third-order valence-corrected chi connectivity index (χ3v) is 4.49. The number of aromatic carboxylic acids is 1. The van der Waals surface area contributed by atoms with E-state index in [1.807, 2.05) is 12.1 Å². The van der Waals surface area contributed by atoms with Crippen molar-refractivity contribution in [1.29, 1.82) is 0 Å². The van der Waals surface area contributed by atoms with E-state index >= 15 is 0 Å². The smallest absolute Gasteiger partial charge is 0.335 e. The largest absolute Gasteiger partial charge is 0.478 e. The Balaban J connectivity index is 1.88. The zero-order valence-corrected chi connectivity index (χ0v) is 12.4. The normalized spacial score (nSPS) is 24.3. The molecule has 3 nitrogen and oxygen atoms in total. The molecule has 0 aliphatic heterocycles. The molecule has 0 heterocycles. The first-order valence-corrected chi connectivity index (χ1v) is 7.62. The molecule has 0 bridgehead atoms. The Kier molecular flexibility index (Phi) is 5.18. The first-order chi connectivity index (χ1) is 9.56. The van der Waals surface area contributed by atoms with E-state index < -0.39 is 5.97 Å². The van der Waals surface area contributed by atoms with Crippen molar-refractivity contribution >= 4 is 5.97 Å². The summed E-state index contributed by atoms with van der Waals surface area (Å²) in [5, 5.41) is 12.6. The molecule has 2 N–H and O–H groups in total. The average Bonchev–Trinajstić information content (AvgIpc) is 2.45. The number of rotatable bonds is 5. The molecule has 1 aliphatic carbocycles. The van der Waals surface area contributed by atoms with Crippen LogP contribution in [0.3, 0.4) is 0 Å². The maximum absolute atomic E-state index is 11.0. The van der Waals surface area contributed by atoms with Gasteiger partial charge in [-0.2, -0.15) is 0 Å². The predicted octanol–water partition coefficient (Wildman–Crippen LogP) is 3.69. The van der Waals surface area contributed by atoms with Crippen LogP contribution in [-0.4, -0.2) is 17.1 Å². The molecule has 3 heteroatoms. The Hall–Kier alpha value is -1.35. The van der Waals surface area contributed by atoms with E-state index in [1.165, 1.54) is 25.7 Å². The Labute approximate surface area is 121 Å². The van der Waals surface area contributed by atoms with Crippen molar-refractivity contribution in [3.63, 3.8) is 0 Å². The summed E-state index contributed by atoms with van der Waals surface area (Å²) in [7, 11) is 0. The fraction of sp³-hybridized carbons (Fsp3) is 0.588. The Morgan fingerprint density at radius 2 is 2.25 bits per heavy atom. The summed E-state index contributed by atoms with van der Waals surface area (Å²) < 4.78 is 0. The second kappa shape index (κ2) is 6.89. The first-order valence-electron chi connectivity index (χ1n) is 7.62. The molecule has 3 atom stereocenters. The first kappa shape index (κ1) is 15.0. The highest BCUT2D eigenvalue weighted by molar-refractivity contribution is 5.87. The third kappa shape index (κ3) is 4.07. The van der Waals surface area contributed by atoms with Crippen molar-refractivity contribution in [2.24, 2.45) is 11.8 Å². The van der Waals surface area contributed by atoms with Crippen LogP contribution in [0.2, 0.25) is 0 Å². The van der Waals surface area contributed by atoms with Crippen LogP contribution in [0.5, 0.6) is 0 Å². The van der Waals surface area contributed by atoms with Crippen molar-refractivity contribution in [1.82, 2.24) is 5.32 Å². The van der Waals surface area contributed by atoms with Crippen molar-refractivity contribution in [3.8, 4) is 0 Å². The van der Waals surface area contributed by atoms with Crippen molar-refractivity contribution in [2.45, 2.75) is 52.1 Å². The molecule has 2 rings (SSSR count). The predicted molar refractivity (Wildman–Crippen MR) is 80.8 cm³/mol. The maximum Gasteiger partial charge on any atom is 0.335 e. The van der Waals surface area contributed by atoms with E-state index in [0.717, 1.165) is 23.9 Å². The molecule has 1 aromatic rings. The number of carbonyl (C=O) groups is 1. The monoisotopic (exact) mass is 275 g/mol.